The number of aliphatic carboxylic acids is 1. The van der Waals surface area contributed by atoms with Crippen LogP contribution in [-0.2, 0) is 9.59 Å². The molecule has 9 heteroatoms. The van der Waals surface area contributed by atoms with Crippen molar-refractivity contribution in [3.63, 3.8) is 0 Å². The number of ether oxygens (including phenoxy) is 4. The molecule has 0 radical (unpaired) electrons. The van der Waals surface area contributed by atoms with E-state index in [9.17, 15) is 9.59 Å². The predicted molar refractivity (Wildman–Crippen MR) is 117 cm³/mol. The largest absolute Gasteiger partial charge is 0.496 e. The Morgan fingerprint density at radius 2 is 1.58 bits per heavy atom. The van der Waals surface area contributed by atoms with Crippen LogP contribution in [-0.4, -0.2) is 52.0 Å². The molecule has 0 aliphatic heterocycles. The number of carboxylic acid groups (broad SMARTS) is 1. The molecular weight excluding hydrogens is 404 g/mol. The van der Waals surface area contributed by atoms with Gasteiger partial charge < -0.3 is 34.7 Å². The van der Waals surface area contributed by atoms with Gasteiger partial charge in [-0.05, 0) is 24.3 Å². The number of nitrogens with one attached hydrogen (secondary N) is 2. The van der Waals surface area contributed by atoms with Crippen LogP contribution in [0.3, 0.4) is 0 Å². The zero-order valence-corrected chi connectivity index (χ0v) is 17.9. The number of carbonyl (C=O) groups is 2. The van der Waals surface area contributed by atoms with E-state index in [0.717, 1.165) is 0 Å². The van der Waals surface area contributed by atoms with Crippen LogP contribution in [0.4, 0.5) is 11.4 Å². The fraction of sp³-hybridized carbons (Fsp3) is 0.273. The summed E-state index contributed by atoms with van der Waals surface area (Å²) in [5.41, 5.74) is 1.68. The zero-order valence-electron chi connectivity index (χ0n) is 17.9. The van der Waals surface area contributed by atoms with Gasteiger partial charge in [-0.25, -0.2) is 0 Å². The molecule has 3 N–H and O–H groups in total. The fourth-order valence-electron chi connectivity index (χ4n) is 2.77. The average Bonchev–Trinajstić information content (AvgIpc) is 2.77. The number of benzene rings is 2. The Balaban J connectivity index is 2.17. The molecule has 0 heterocycles. The van der Waals surface area contributed by atoms with Crippen LogP contribution in [0, 0.1) is 0 Å². The molecule has 31 heavy (non-hydrogen) atoms. The minimum absolute atomic E-state index is 0.0476. The summed E-state index contributed by atoms with van der Waals surface area (Å²) in [5.74, 6) is 0.805. The summed E-state index contributed by atoms with van der Waals surface area (Å²) in [6, 6.07) is 8.41. The summed E-state index contributed by atoms with van der Waals surface area (Å²) in [5, 5.41) is 14.5. The molecule has 0 unspecified atom stereocenters. The summed E-state index contributed by atoms with van der Waals surface area (Å²) < 4.78 is 21.2. The number of hydrogen-bond acceptors (Lipinski definition) is 7. The summed E-state index contributed by atoms with van der Waals surface area (Å²) in [6.45, 7) is 0.222. The number of amides is 1. The highest BCUT2D eigenvalue weighted by molar-refractivity contribution is 6.02. The second-order valence-electron chi connectivity index (χ2n) is 6.25. The first-order valence-corrected chi connectivity index (χ1v) is 9.34. The summed E-state index contributed by atoms with van der Waals surface area (Å²) >= 11 is 0. The lowest BCUT2D eigenvalue weighted by Crippen LogP contribution is -2.10. The second-order valence-corrected chi connectivity index (χ2v) is 6.25. The molecule has 0 aromatic heterocycles. The van der Waals surface area contributed by atoms with Crippen molar-refractivity contribution in [1.29, 1.82) is 0 Å². The van der Waals surface area contributed by atoms with E-state index in [1.807, 2.05) is 0 Å². The fourth-order valence-corrected chi connectivity index (χ4v) is 2.77. The minimum Gasteiger partial charge on any atom is -0.496 e. The first-order chi connectivity index (χ1) is 14.9. The molecule has 2 aromatic carbocycles. The first-order valence-electron chi connectivity index (χ1n) is 9.34. The van der Waals surface area contributed by atoms with E-state index in [1.54, 1.807) is 36.4 Å². The van der Waals surface area contributed by atoms with Gasteiger partial charge in [0.05, 0.1) is 46.1 Å². The van der Waals surface area contributed by atoms with Gasteiger partial charge in [0.15, 0.2) is 0 Å². The van der Waals surface area contributed by atoms with Crippen molar-refractivity contribution >= 4 is 29.3 Å². The maximum atomic E-state index is 12.4. The Morgan fingerprint density at radius 1 is 0.935 bits per heavy atom. The predicted octanol–water partition coefficient (Wildman–Crippen LogP) is 3.26. The molecule has 2 rings (SSSR count). The maximum Gasteiger partial charge on any atom is 0.305 e. The standard InChI is InChI=1S/C22H26N2O7/c1-28-15-12-19(30-3)16(20(13-15)31-4)6-8-21(25)24-14-5-7-18(29-2)17(11-14)23-10-9-22(26)27/h5-8,11-13,23H,9-10H2,1-4H3,(H,24,25)(H,26,27). The number of rotatable bonds is 11. The van der Waals surface area contributed by atoms with Crippen LogP contribution in [0.25, 0.3) is 6.08 Å². The van der Waals surface area contributed by atoms with Crippen molar-refractivity contribution in [2.75, 3.05) is 45.6 Å². The van der Waals surface area contributed by atoms with Gasteiger partial charge in [-0.3, -0.25) is 9.59 Å². The van der Waals surface area contributed by atoms with Crippen molar-refractivity contribution in [2.24, 2.45) is 0 Å². The van der Waals surface area contributed by atoms with Gasteiger partial charge >= 0.3 is 5.97 Å². The second kappa shape index (κ2) is 11.3. The Labute approximate surface area is 180 Å². The smallest absolute Gasteiger partial charge is 0.305 e. The Bertz CT molecular complexity index is 932. The van der Waals surface area contributed by atoms with Crippen LogP contribution in [0.5, 0.6) is 23.0 Å². The van der Waals surface area contributed by atoms with E-state index in [0.29, 0.717) is 39.9 Å². The van der Waals surface area contributed by atoms with Gasteiger partial charge in [-0.2, -0.15) is 0 Å². The van der Waals surface area contributed by atoms with Crippen LogP contribution >= 0.6 is 0 Å². The molecule has 2 aromatic rings. The van der Waals surface area contributed by atoms with Crippen LogP contribution in [0.1, 0.15) is 12.0 Å². The van der Waals surface area contributed by atoms with Crippen molar-refractivity contribution in [3.05, 3.63) is 42.0 Å². The van der Waals surface area contributed by atoms with Gasteiger partial charge in [0.1, 0.15) is 23.0 Å². The van der Waals surface area contributed by atoms with Crippen molar-refractivity contribution in [1.82, 2.24) is 0 Å². The Morgan fingerprint density at radius 3 is 2.13 bits per heavy atom. The van der Waals surface area contributed by atoms with Gasteiger partial charge in [-0.15, -0.1) is 0 Å². The average molecular weight is 430 g/mol. The lowest BCUT2D eigenvalue weighted by molar-refractivity contribution is -0.136. The SMILES string of the molecule is COc1cc(OC)c(C=CC(=O)Nc2ccc(OC)c(NCCC(=O)O)c2)c(OC)c1. The normalized spacial score (nSPS) is 10.5. The number of carboxylic acids is 1. The van der Waals surface area contributed by atoms with Crippen molar-refractivity contribution < 1.29 is 33.6 Å². The van der Waals surface area contributed by atoms with Gasteiger partial charge in [0, 0.05) is 30.4 Å². The molecular formula is C22H26N2O7. The van der Waals surface area contributed by atoms with E-state index in [4.69, 9.17) is 24.1 Å². The first kappa shape index (κ1) is 23.4. The summed E-state index contributed by atoms with van der Waals surface area (Å²) in [7, 11) is 6.08. The van der Waals surface area contributed by atoms with E-state index in [1.165, 1.54) is 34.5 Å². The van der Waals surface area contributed by atoms with Crippen LogP contribution in [0.15, 0.2) is 36.4 Å². The molecule has 0 aliphatic rings. The molecule has 166 valence electrons. The Hall–Kier alpha value is -3.88. The molecule has 0 atom stereocenters. The highest BCUT2D eigenvalue weighted by Gasteiger charge is 2.12. The molecule has 0 saturated heterocycles. The molecule has 0 aliphatic carbocycles. The summed E-state index contributed by atoms with van der Waals surface area (Å²) in [6.07, 6.45) is 2.89. The number of hydrogen-bond donors (Lipinski definition) is 3. The minimum atomic E-state index is -0.912. The highest BCUT2D eigenvalue weighted by Crippen LogP contribution is 2.35. The third-order valence-corrected chi connectivity index (χ3v) is 4.28. The summed E-state index contributed by atoms with van der Waals surface area (Å²) in [4.78, 5) is 23.2. The van der Waals surface area contributed by atoms with E-state index in [2.05, 4.69) is 10.6 Å². The molecule has 9 nitrogen and oxygen atoms in total. The molecule has 0 saturated carbocycles. The monoisotopic (exact) mass is 430 g/mol. The number of methoxy groups -OCH3 is 4. The molecule has 0 spiro atoms. The third kappa shape index (κ3) is 6.56. The van der Waals surface area contributed by atoms with E-state index >= 15 is 0 Å². The topological polar surface area (TPSA) is 115 Å². The van der Waals surface area contributed by atoms with Gasteiger partial charge in [0.2, 0.25) is 5.91 Å². The number of carbonyl (C=O) groups excluding carboxylic acids is 1. The van der Waals surface area contributed by atoms with Crippen molar-refractivity contribution in [2.45, 2.75) is 6.42 Å². The maximum absolute atomic E-state index is 12.4. The van der Waals surface area contributed by atoms with E-state index < -0.39 is 5.97 Å². The number of anilines is 2. The highest BCUT2D eigenvalue weighted by atomic mass is 16.5. The molecule has 0 bridgehead atoms. The van der Waals surface area contributed by atoms with Gasteiger partial charge in [0.25, 0.3) is 0 Å². The Kier molecular flexibility index (Phi) is 8.56. The molecule has 1 amide bonds. The zero-order chi connectivity index (χ0) is 22.8. The lowest BCUT2D eigenvalue weighted by Gasteiger charge is -2.13. The van der Waals surface area contributed by atoms with Gasteiger partial charge in [-0.1, -0.05) is 0 Å². The third-order valence-electron chi connectivity index (χ3n) is 4.28. The van der Waals surface area contributed by atoms with Crippen LogP contribution < -0.4 is 29.6 Å². The lowest BCUT2D eigenvalue weighted by atomic mass is 10.1. The van der Waals surface area contributed by atoms with Crippen molar-refractivity contribution in [3.8, 4) is 23.0 Å². The van der Waals surface area contributed by atoms with E-state index in [-0.39, 0.29) is 18.9 Å². The molecule has 0 fully saturated rings. The van der Waals surface area contributed by atoms with Crippen LogP contribution in [0.2, 0.25) is 0 Å². The quantitative estimate of drug-likeness (QED) is 0.465.